The second kappa shape index (κ2) is 5.48. The first kappa shape index (κ1) is 13.0. The number of nitrogens with zero attached hydrogens (tertiary/aromatic N) is 3. The third-order valence-corrected chi connectivity index (χ3v) is 3.41. The highest BCUT2D eigenvalue weighted by atomic mass is 79.9. The van der Waals surface area contributed by atoms with Crippen LogP contribution in [0.4, 0.5) is 5.69 Å². The summed E-state index contributed by atoms with van der Waals surface area (Å²) in [6.07, 6.45) is 5.12. The predicted molar refractivity (Wildman–Crippen MR) is 73.4 cm³/mol. The first-order valence-corrected chi connectivity index (χ1v) is 6.74. The summed E-state index contributed by atoms with van der Waals surface area (Å²) < 4.78 is 2.64. The third kappa shape index (κ3) is 2.53. The van der Waals surface area contributed by atoms with Gasteiger partial charge in [-0.1, -0.05) is 13.8 Å². The molecule has 0 atom stereocenters. The van der Waals surface area contributed by atoms with E-state index >= 15 is 0 Å². The molecule has 0 fully saturated rings. The predicted octanol–water partition coefficient (Wildman–Crippen LogP) is 2.87. The van der Waals surface area contributed by atoms with Gasteiger partial charge in [0.25, 0.3) is 0 Å². The average molecular weight is 311 g/mol. The summed E-state index contributed by atoms with van der Waals surface area (Å²) in [6.45, 7) is 4.03. The van der Waals surface area contributed by atoms with Gasteiger partial charge in [0, 0.05) is 16.6 Å². The molecule has 2 aromatic rings. The molecule has 5 nitrogen and oxygen atoms in total. The van der Waals surface area contributed by atoms with E-state index in [1.807, 2.05) is 26.1 Å². The number of carbonyl (C=O) groups excluding carboxylic acids is 1. The molecule has 2 rings (SSSR count). The molecule has 0 aliphatic rings. The normalized spacial score (nSPS) is 11.1. The van der Waals surface area contributed by atoms with Crippen molar-refractivity contribution in [3.63, 3.8) is 0 Å². The molecule has 18 heavy (non-hydrogen) atoms. The van der Waals surface area contributed by atoms with Gasteiger partial charge >= 0.3 is 0 Å². The van der Waals surface area contributed by atoms with Crippen molar-refractivity contribution in [3.8, 4) is 0 Å². The van der Waals surface area contributed by atoms with Crippen molar-refractivity contribution in [2.24, 2.45) is 5.92 Å². The molecule has 2 heterocycles. The number of pyridine rings is 1. The number of aromatic nitrogens is 3. The van der Waals surface area contributed by atoms with Crippen LogP contribution < -0.4 is 5.32 Å². The number of halogens is 1. The molecule has 0 radical (unpaired) electrons. The van der Waals surface area contributed by atoms with Gasteiger partial charge in [-0.2, -0.15) is 0 Å². The van der Waals surface area contributed by atoms with Crippen LogP contribution in [-0.2, 0) is 4.79 Å². The lowest BCUT2D eigenvalue weighted by Crippen LogP contribution is -2.22. The number of fused-ring (bicyclic) bond motifs is 1. The molecule has 0 aliphatic carbocycles. The summed E-state index contributed by atoms with van der Waals surface area (Å²) in [4.78, 5) is 12.1. The number of carbonyl (C=O) groups is 1. The van der Waals surface area contributed by atoms with E-state index in [4.69, 9.17) is 0 Å². The first-order valence-electron chi connectivity index (χ1n) is 5.95. The van der Waals surface area contributed by atoms with Crippen molar-refractivity contribution < 1.29 is 4.79 Å². The van der Waals surface area contributed by atoms with E-state index in [9.17, 15) is 4.79 Å². The van der Waals surface area contributed by atoms with E-state index in [0.29, 0.717) is 11.3 Å². The standard InChI is InChI=1S/C12H15BrN4O/c1-3-8(4-2)12(18)15-10-5-9(13)6-17-7-14-16-11(10)17/h5-8H,3-4H2,1-2H3,(H,15,18). The van der Waals surface area contributed by atoms with Crippen LogP contribution in [0, 0.1) is 5.92 Å². The van der Waals surface area contributed by atoms with Gasteiger partial charge in [0.1, 0.15) is 6.33 Å². The molecule has 0 unspecified atom stereocenters. The SMILES string of the molecule is CCC(CC)C(=O)Nc1cc(Br)cn2cnnc12. The molecular weight excluding hydrogens is 296 g/mol. The van der Waals surface area contributed by atoms with E-state index in [2.05, 4.69) is 31.4 Å². The second-order valence-electron chi connectivity index (χ2n) is 4.14. The number of amides is 1. The molecule has 0 aromatic carbocycles. The fourth-order valence-corrected chi connectivity index (χ4v) is 2.34. The Kier molecular flexibility index (Phi) is 3.96. The Labute approximate surface area is 114 Å². The van der Waals surface area contributed by atoms with Crippen LogP contribution in [0.15, 0.2) is 23.1 Å². The van der Waals surface area contributed by atoms with Gasteiger partial charge < -0.3 is 5.32 Å². The van der Waals surface area contributed by atoms with Crippen LogP contribution >= 0.6 is 15.9 Å². The lowest BCUT2D eigenvalue weighted by atomic mass is 10.0. The maximum Gasteiger partial charge on any atom is 0.227 e. The molecule has 0 saturated carbocycles. The summed E-state index contributed by atoms with van der Waals surface area (Å²) in [6, 6.07) is 1.84. The zero-order valence-electron chi connectivity index (χ0n) is 10.4. The summed E-state index contributed by atoms with van der Waals surface area (Å²) >= 11 is 3.40. The van der Waals surface area contributed by atoms with Crippen LogP contribution in [0.5, 0.6) is 0 Å². The topological polar surface area (TPSA) is 59.3 Å². The largest absolute Gasteiger partial charge is 0.323 e. The molecule has 0 bridgehead atoms. The summed E-state index contributed by atoms with van der Waals surface area (Å²) in [5, 5.41) is 10.8. The average Bonchev–Trinajstić information content (AvgIpc) is 2.78. The van der Waals surface area contributed by atoms with Gasteiger partial charge in [0.2, 0.25) is 5.91 Å². The van der Waals surface area contributed by atoms with Crippen LogP contribution in [0.2, 0.25) is 0 Å². The highest BCUT2D eigenvalue weighted by Crippen LogP contribution is 2.22. The smallest absolute Gasteiger partial charge is 0.227 e. The molecule has 2 aromatic heterocycles. The van der Waals surface area contributed by atoms with Crippen LogP contribution in [0.1, 0.15) is 26.7 Å². The Hall–Kier alpha value is -1.43. The third-order valence-electron chi connectivity index (χ3n) is 2.97. The zero-order valence-corrected chi connectivity index (χ0v) is 11.9. The van der Waals surface area contributed by atoms with Gasteiger partial charge in [-0.15, -0.1) is 10.2 Å². The quantitative estimate of drug-likeness (QED) is 0.944. The van der Waals surface area contributed by atoms with Gasteiger partial charge in [-0.25, -0.2) is 0 Å². The van der Waals surface area contributed by atoms with Gasteiger partial charge in [0.05, 0.1) is 5.69 Å². The van der Waals surface area contributed by atoms with E-state index in [-0.39, 0.29) is 11.8 Å². The lowest BCUT2D eigenvalue weighted by molar-refractivity contribution is -0.120. The van der Waals surface area contributed by atoms with Gasteiger partial charge in [-0.05, 0) is 34.8 Å². The highest BCUT2D eigenvalue weighted by molar-refractivity contribution is 9.10. The minimum absolute atomic E-state index is 0.0306. The number of rotatable bonds is 4. The van der Waals surface area contributed by atoms with Crippen molar-refractivity contribution in [2.75, 3.05) is 5.32 Å². The van der Waals surface area contributed by atoms with Crippen molar-refractivity contribution in [1.82, 2.24) is 14.6 Å². The molecule has 1 amide bonds. The molecular formula is C12H15BrN4O. The zero-order chi connectivity index (χ0) is 13.1. The molecule has 6 heteroatoms. The van der Waals surface area contributed by atoms with Crippen molar-refractivity contribution in [2.45, 2.75) is 26.7 Å². The minimum Gasteiger partial charge on any atom is -0.323 e. The first-order chi connectivity index (χ1) is 8.65. The lowest BCUT2D eigenvalue weighted by Gasteiger charge is -2.13. The van der Waals surface area contributed by atoms with E-state index < -0.39 is 0 Å². The van der Waals surface area contributed by atoms with Crippen LogP contribution in [0.3, 0.4) is 0 Å². The fraction of sp³-hybridized carbons (Fsp3) is 0.417. The Balaban J connectivity index is 2.31. The number of anilines is 1. The van der Waals surface area contributed by atoms with E-state index in [1.165, 1.54) is 0 Å². The van der Waals surface area contributed by atoms with Crippen LogP contribution in [0.25, 0.3) is 5.65 Å². The summed E-state index contributed by atoms with van der Waals surface area (Å²) in [7, 11) is 0. The molecule has 0 aliphatic heterocycles. The summed E-state index contributed by atoms with van der Waals surface area (Å²) in [5.74, 6) is 0.0648. The van der Waals surface area contributed by atoms with Crippen LogP contribution in [-0.4, -0.2) is 20.5 Å². The van der Waals surface area contributed by atoms with Gasteiger partial charge in [-0.3, -0.25) is 9.20 Å². The highest BCUT2D eigenvalue weighted by Gasteiger charge is 2.16. The molecule has 96 valence electrons. The number of hydrogen-bond acceptors (Lipinski definition) is 3. The van der Waals surface area contributed by atoms with Crippen molar-refractivity contribution in [3.05, 3.63) is 23.1 Å². The van der Waals surface area contributed by atoms with Crippen molar-refractivity contribution in [1.29, 1.82) is 0 Å². The van der Waals surface area contributed by atoms with Crippen molar-refractivity contribution >= 4 is 33.2 Å². The van der Waals surface area contributed by atoms with E-state index in [0.717, 1.165) is 17.3 Å². The monoisotopic (exact) mass is 310 g/mol. The van der Waals surface area contributed by atoms with Gasteiger partial charge in [0.15, 0.2) is 5.65 Å². The Morgan fingerprint density at radius 2 is 2.22 bits per heavy atom. The number of nitrogens with one attached hydrogen (secondary N) is 1. The summed E-state index contributed by atoms with van der Waals surface area (Å²) in [5.41, 5.74) is 1.33. The Morgan fingerprint density at radius 3 is 2.89 bits per heavy atom. The molecule has 0 saturated heterocycles. The Bertz CT molecular complexity index is 562. The maximum absolute atomic E-state index is 12.1. The maximum atomic E-state index is 12.1. The van der Waals surface area contributed by atoms with E-state index in [1.54, 1.807) is 10.7 Å². The Morgan fingerprint density at radius 1 is 1.50 bits per heavy atom. The fourth-order valence-electron chi connectivity index (χ4n) is 1.89. The molecule has 0 spiro atoms. The molecule has 1 N–H and O–H groups in total. The minimum atomic E-state index is 0.0306. The number of hydrogen-bond donors (Lipinski definition) is 1. The second-order valence-corrected chi connectivity index (χ2v) is 5.05.